The standard InChI is InChI=1S/C9H10BrNO2/c1-5-7(13-2)4-3-6(10)8(5)9(11)12/h3-4H,1-2H3,(H2,11,12). The highest BCUT2D eigenvalue weighted by molar-refractivity contribution is 9.10. The number of ether oxygens (including phenoxy) is 1. The van der Waals surface area contributed by atoms with Gasteiger partial charge in [-0.1, -0.05) is 0 Å². The van der Waals surface area contributed by atoms with Gasteiger partial charge in [-0.15, -0.1) is 0 Å². The summed E-state index contributed by atoms with van der Waals surface area (Å²) < 4.78 is 5.76. The molecule has 3 nitrogen and oxygen atoms in total. The molecule has 13 heavy (non-hydrogen) atoms. The molecule has 0 aromatic heterocycles. The number of halogens is 1. The van der Waals surface area contributed by atoms with E-state index in [-0.39, 0.29) is 0 Å². The average molecular weight is 244 g/mol. The van der Waals surface area contributed by atoms with E-state index in [2.05, 4.69) is 15.9 Å². The summed E-state index contributed by atoms with van der Waals surface area (Å²) in [5.74, 6) is 0.209. The predicted molar refractivity (Wildman–Crippen MR) is 53.9 cm³/mol. The molecule has 0 atom stereocenters. The normalized spacial score (nSPS) is 9.77. The molecule has 2 N–H and O–H groups in total. The number of nitrogens with two attached hydrogens (primary N) is 1. The van der Waals surface area contributed by atoms with Crippen LogP contribution in [0.4, 0.5) is 0 Å². The third kappa shape index (κ3) is 1.83. The van der Waals surface area contributed by atoms with Gasteiger partial charge in [-0.3, -0.25) is 4.79 Å². The summed E-state index contributed by atoms with van der Waals surface area (Å²) in [5, 5.41) is 0. The largest absolute Gasteiger partial charge is 0.496 e. The molecule has 0 aliphatic rings. The quantitative estimate of drug-likeness (QED) is 0.863. The first kappa shape index (κ1) is 10.1. The van der Waals surface area contributed by atoms with Crippen LogP contribution in [0.3, 0.4) is 0 Å². The number of carbonyl (C=O) groups is 1. The Balaban J connectivity index is 3.38. The lowest BCUT2D eigenvalue weighted by molar-refractivity contribution is 0.0998. The molecule has 0 saturated heterocycles. The van der Waals surface area contributed by atoms with E-state index in [0.29, 0.717) is 15.8 Å². The molecule has 0 heterocycles. The molecule has 0 aliphatic heterocycles. The number of rotatable bonds is 2. The molecule has 1 aromatic carbocycles. The fourth-order valence-corrected chi connectivity index (χ4v) is 1.81. The Hall–Kier alpha value is -1.03. The van der Waals surface area contributed by atoms with E-state index in [9.17, 15) is 4.79 Å². The second-order valence-electron chi connectivity index (χ2n) is 2.61. The van der Waals surface area contributed by atoms with Crippen LogP contribution in [0.1, 0.15) is 15.9 Å². The summed E-state index contributed by atoms with van der Waals surface area (Å²) in [6, 6.07) is 3.53. The van der Waals surface area contributed by atoms with Gasteiger partial charge in [-0.2, -0.15) is 0 Å². The molecule has 0 bridgehead atoms. The highest BCUT2D eigenvalue weighted by atomic mass is 79.9. The van der Waals surface area contributed by atoms with Gasteiger partial charge in [0.05, 0.1) is 12.7 Å². The molecule has 1 amide bonds. The Kier molecular flexibility index (Phi) is 2.93. The minimum absolute atomic E-state index is 0.455. The summed E-state index contributed by atoms with van der Waals surface area (Å²) in [7, 11) is 1.56. The molecule has 1 rings (SSSR count). The molecule has 0 unspecified atom stereocenters. The Morgan fingerprint density at radius 1 is 1.54 bits per heavy atom. The summed E-state index contributed by atoms with van der Waals surface area (Å²) in [6.07, 6.45) is 0. The van der Waals surface area contributed by atoms with Gasteiger partial charge >= 0.3 is 0 Å². The number of primary amides is 1. The van der Waals surface area contributed by atoms with E-state index < -0.39 is 5.91 Å². The van der Waals surface area contributed by atoms with Gasteiger partial charge in [0.2, 0.25) is 5.91 Å². The second kappa shape index (κ2) is 3.79. The lowest BCUT2D eigenvalue weighted by atomic mass is 10.1. The molecular weight excluding hydrogens is 234 g/mol. The summed E-state index contributed by atoms with van der Waals surface area (Å²) in [4.78, 5) is 11.0. The first-order chi connectivity index (χ1) is 6.07. The maximum Gasteiger partial charge on any atom is 0.250 e. The van der Waals surface area contributed by atoms with Crippen molar-refractivity contribution in [2.45, 2.75) is 6.92 Å². The average Bonchev–Trinajstić information content (AvgIpc) is 2.04. The van der Waals surface area contributed by atoms with Crippen LogP contribution >= 0.6 is 15.9 Å². The lowest BCUT2D eigenvalue weighted by Gasteiger charge is -2.09. The molecule has 0 aliphatic carbocycles. The maximum absolute atomic E-state index is 11.0. The fraction of sp³-hybridized carbons (Fsp3) is 0.222. The first-order valence-electron chi connectivity index (χ1n) is 3.70. The van der Waals surface area contributed by atoms with Crippen molar-refractivity contribution in [3.05, 3.63) is 27.7 Å². The third-order valence-electron chi connectivity index (χ3n) is 1.83. The van der Waals surface area contributed by atoms with Crippen LogP contribution in [0.25, 0.3) is 0 Å². The highest BCUT2D eigenvalue weighted by Crippen LogP contribution is 2.27. The van der Waals surface area contributed by atoms with Crippen LogP contribution in [0, 0.1) is 6.92 Å². The number of carbonyl (C=O) groups excluding carboxylic acids is 1. The van der Waals surface area contributed by atoms with Crippen LogP contribution in [0.2, 0.25) is 0 Å². The molecule has 0 saturated carbocycles. The van der Waals surface area contributed by atoms with Crippen LogP contribution in [0.15, 0.2) is 16.6 Å². The van der Waals surface area contributed by atoms with Gasteiger partial charge in [-0.25, -0.2) is 0 Å². The van der Waals surface area contributed by atoms with Crippen molar-refractivity contribution < 1.29 is 9.53 Å². The van der Waals surface area contributed by atoms with Gasteiger partial charge in [0.15, 0.2) is 0 Å². The van der Waals surface area contributed by atoms with Crippen LogP contribution in [0.5, 0.6) is 5.75 Å². The number of methoxy groups -OCH3 is 1. The topological polar surface area (TPSA) is 52.3 Å². The minimum Gasteiger partial charge on any atom is -0.496 e. The monoisotopic (exact) mass is 243 g/mol. The van der Waals surface area contributed by atoms with E-state index in [0.717, 1.165) is 5.56 Å². The van der Waals surface area contributed by atoms with Gasteiger partial charge in [0, 0.05) is 10.0 Å². The maximum atomic E-state index is 11.0. The van der Waals surface area contributed by atoms with E-state index in [1.807, 2.05) is 0 Å². The lowest BCUT2D eigenvalue weighted by Crippen LogP contribution is -2.14. The van der Waals surface area contributed by atoms with E-state index in [1.165, 1.54) is 0 Å². The van der Waals surface area contributed by atoms with Crippen molar-refractivity contribution in [3.8, 4) is 5.75 Å². The SMILES string of the molecule is COc1ccc(Br)c(C(N)=O)c1C. The number of hydrogen-bond donors (Lipinski definition) is 1. The fourth-order valence-electron chi connectivity index (χ4n) is 1.18. The van der Waals surface area contributed by atoms with Crippen molar-refractivity contribution in [2.24, 2.45) is 5.73 Å². The van der Waals surface area contributed by atoms with Crippen LogP contribution < -0.4 is 10.5 Å². The molecular formula is C9H10BrNO2. The minimum atomic E-state index is -0.455. The highest BCUT2D eigenvalue weighted by Gasteiger charge is 2.12. The number of amides is 1. The van der Waals surface area contributed by atoms with Crippen molar-refractivity contribution >= 4 is 21.8 Å². The Labute approximate surface area is 85.0 Å². The molecule has 70 valence electrons. The second-order valence-corrected chi connectivity index (χ2v) is 3.47. The van der Waals surface area contributed by atoms with Crippen molar-refractivity contribution in [2.75, 3.05) is 7.11 Å². The zero-order chi connectivity index (χ0) is 10.0. The Morgan fingerprint density at radius 2 is 2.15 bits per heavy atom. The van der Waals surface area contributed by atoms with Gasteiger partial charge in [0.25, 0.3) is 0 Å². The summed E-state index contributed by atoms with van der Waals surface area (Å²) >= 11 is 3.25. The first-order valence-corrected chi connectivity index (χ1v) is 4.50. The number of benzene rings is 1. The molecule has 0 radical (unpaired) electrons. The van der Waals surface area contributed by atoms with Crippen molar-refractivity contribution in [1.82, 2.24) is 0 Å². The van der Waals surface area contributed by atoms with Gasteiger partial charge in [0.1, 0.15) is 5.75 Å². The predicted octanol–water partition coefficient (Wildman–Crippen LogP) is 1.87. The van der Waals surface area contributed by atoms with E-state index in [4.69, 9.17) is 10.5 Å². The number of hydrogen-bond acceptors (Lipinski definition) is 2. The summed E-state index contributed by atoms with van der Waals surface area (Å²) in [5.41, 5.74) is 6.44. The molecule has 0 spiro atoms. The molecule has 0 fully saturated rings. The third-order valence-corrected chi connectivity index (χ3v) is 2.49. The summed E-state index contributed by atoms with van der Waals surface area (Å²) in [6.45, 7) is 1.80. The van der Waals surface area contributed by atoms with Crippen LogP contribution in [-0.4, -0.2) is 13.0 Å². The van der Waals surface area contributed by atoms with Gasteiger partial charge < -0.3 is 10.5 Å². The smallest absolute Gasteiger partial charge is 0.250 e. The van der Waals surface area contributed by atoms with Crippen molar-refractivity contribution in [1.29, 1.82) is 0 Å². The van der Waals surface area contributed by atoms with Crippen molar-refractivity contribution in [3.63, 3.8) is 0 Å². The Morgan fingerprint density at radius 3 is 2.62 bits per heavy atom. The molecule has 4 heteroatoms. The Bertz CT molecular complexity index is 350. The van der Waals surface area contributed by atoms with E-state index in [1.54, 1.807) is 26.2 Å². The van der Waals surface area contributed by atoms with Crippen LogP contribution in [-0.2, 0) is 0 Å². The van der Waals surface area contributed by atoms with Gasteiger partial charge in [-0.05, 0) is 35.0 Å². The zero-order valence-corrected chi connectivity index (χ0v) is 9.01. The zero-order valence-electron chi connectivity index (χ0n) is 7.43. The molecule has 1 aromatic rings. The van der Waals surface area contributed by atoms with E-state index >= 15 is 0 Å².